The van der Waals surface area contributed by atoms with Crippen LogP contribution in [0.4, 0.5) is 14.7 Å². The monoisotopic (exact) mass is 751 g/mol. The van der Waals surface area contributed by atoms with E-state index in [2.05, 4.69) is 25.9 Å². The van der Waals surface area contributed by atoms with E-state index in [0.29, 0.717) is 9.91 Å². The molecule has 0 bridgehead atoms. The summed E-state index contributed by atoms with van der Waals surface area (Å²) in [5, 5.41) is 26.6. The summed E-state index contributed by atoms with van der Waals surface area (Å²) in [5.41, 5.74) is 2.67. The Bertz CT molecular complexity index is 2280. The summed E-state index contributed by atoms with van der Waals surface area (Å²) in [6, 6.07) is -3.30. The number of nitrogens with one attached hydrogen (secondary N) is 4. The van der Waals surface area contributed by atoms with Crippen LogP contribution < -0.4 is 32.2 Å². The molecule has 2 aliphatic rings. The first-order valence-corrected chi connectivity index (χ1v) is 16.4. The number of aromatic amines is 1. The average Bonchev–Trinajstić information content (AvgIpc) is 3.64. The quantitative estimate of drug-likeness (QED) is 0.0605. The number of oxime groups is 1. The van der Waals surface area contributed by atoms with Crippen molar-refractivity contribution >= 4 is 73.8 Å². The number of nitrogen functional groups attached to an aromatic ring is 1. The van der Waals surface area contributed by atoms with Gasteiger partial charge in [0.15, 0.2) is 16.6 Å². The van der Waals surface area contributed by atoms with Crippen LogP contribution in [0.3, 0.4) is 0 Å². The van der Waals surface area contributed by atoms with E-state index in [1.807, 2.05) is 0 Å². The van der Waals surface area contributed by atoms with Gasteiger partial charge in [0.25, 0.3) is 23.3 Å². The predicted molar refractivity (Wildman–Crippen MR) is 169 cm³/mol. The van der Waals surface area contributed by atoms with Gasteiger partial charge in [0, 0.05) is 17.6 Å². The molecule has 24 nitrogen and oxygen atoms in total. The highest BCUT2D eigenvalue weighted by Gasteiger charge is 2.46. The number of anilines is 1. The molecule has 270 valence electrons. The maximum atomic E-state index is 13.0. The predicted octanol–water partition coefficient (Wildman–Crippen LogP) is -3.32. The Morgan fingerprint density at radius 2 is 1.88 bits per heavy atom. The van der Waals surface area contributed by atoms with E-state index in [9.17, 15) is 57.0 Å². The number of pyridine rings is 1. The molecule has 2 fully saturated rings. The zero-order valence-corrected chi connectivity index (χ0v) is 27.6. The topological polar surface area (TPSA) is 338 Å². The molecule has 8 N–H and O–H groups in total. The smallest absolute Gasteiger partial charge is 0.353 e. The van der Waals surface area contributed by atoms with Crippen molar-refractivity contribution in [1.82, 2.24) is 44.0 Å². The molecule has 0 spiro atoms. The van der Waals surface area contributed by atoms with E-state index in [0.717, 1.165) is 48.0 Å². The molecule has 3 aromatic heterocycles. The van der Waals surface area contributed by atoms with Crippen molar-refractivity contribution in [1.29, 1.82) is 0 Å². The van der Waals surface area contributed by atoms with Crippen molar-refractivity contribution in [2.75, 3.05) is 25.4 Å². The number of amides is 7. The molecule has 2 saturated heterocycles. The van der Waals surface area contributed by atoms with Gasteiger partial charge < -0.3 is 31.1 Å². The number of β-lactam (4-membered cyclic amide) rings is 1. The van der Waals surface area contributed by atoms with Crippen LogP contribution in [-0.4, -0.2) is 120 Å². The zero-order chi connectivity index (χ0) is 37.6. The lowest BCUT2D eigenvalue weighted by molar-refractivity contribution is -0.161. The Balaban J connectivity index is 1.19. The molecule has 1 atom stereocenters. The van der Waals surface area contributed by atoms with Gasteiger partial charge in [0.2, 0.25) is 11.0 Å². The number of imide groups is 1. The molecule has 2 aliphatic heterocycles. The van der Waals surface area contributed by atoms with Gasteiger partial charge >= 0.3 is 28.2 Å². The summed E-state index contributed by atoms with van der Waals surface area (Å²) in [6.45, 7) is 0.753. The number of thiazole rings is 1. The zero-order valence-electron chi connectivity index (χ0n) is 26.0. The fraction of sp³-hybridized carbons (Fsp3) is 0.280. The number of H-pyrrole nitrogens is 1. The van der Waals surface area contributed by atoms with Crippen LogP contribution in [0.1, 0.15) is 29.9 Å². The lowest BCUT2D eigenvalue weighted by Gasteiger charge is -2.36. The Morgan fingerprint density at radius 1 is 1.18 bits per heavy atom. The molecule has 0 aliphatic carbocycles. The Kier molecular flexibility index (Phi) is 9.14. The third-order valence-electron chi connectivity index (χ3n) is 7.14. The highest BCUT2D eigenvalue weighted by atomic mass is 32.2. The van der Waals surface area contributed by atoms with Crippen LogP contribution in [0.2, 0.25) is 0 Å². The van der Waals surface area contributed by atoms with E-state index in [4.69, 9.17) is 10.6 Å². The van der Waals surface area contributed by atoms with Crippen LogP contribution in [0, 0.1) is 0 Å². The largest absolute Gasteiger partial charge is 0.503 e. The highest BCUT2D eigenvalue weighted by molar-refractivity contribution is 7.88. The summed E-state index contributed by atoms with van der Waals surface area (Å²) in [6.07, 6.45) is 1.70. The number of nitrogens with two attached hydrogens (primary N) is 1. The fourth-order valence-electron chi connectivity index (χ4n) is 4.29. The number of nitrogens with zero attached hydrogens (tertiary/aromatic N) is 6. The molecule has 7 amide bonds. The van der Waals surface area contributed by atoms with Gasteiger partial charge in [-0.1, -0.05) is 5.16 Å². The van der Waals surface area contributed by atoms with Gasteiger partial charge in [-0.15, -0.1) is 11.3 Å². The van der Waals surface area contributed by atoms with Crippen molar-refractivity contribution in [3.8, 4) is 5.75 Å². The number of aromatic nitrogens is 3. The van der Waals surface area contributed by atoms with Gasteiger partial charge in [-0.05, 0) is 13.8 Å². The SMILES string of the molecule is CC(C)(O/N=C(/C(=O)NC1CN(C(=O)NS(=O)(=O)N2CCN(NC(=O)c3c[nH]c4cc(=O)c(O)cn4c3=O)C2=O)C1=O)c1csc(N)n1)C(=O)O. The summed E-state index contributed by atoms with van der Waals surface area (Å²) in [4.78, 5) is 112. The van der Waals surface area contributed by atoms with E-state index in [1.54, 1.807) is 4.72 Å². The Labute approximate surface area is 287 Å². The number of carbonyl (C=O) groups excluding carboxylic acids is 5. The third kappa shape index (κ3) is 6.97. The summed E-state index contributed by atoms with van der Waals surface area (Å²) < 4.78 is 28.3. The second-order valence-electron chi connectivity index (χ2n) is 11.0. The Morgan fingerprint density at radius 3 is 2.51 bits per heavy atom. The lowest BCUT2D eigenvalue weighted by atomic mass is 10.1. The molecule has 26 heteroatoms. The van der Waals surface area contributed by atoms with Gasteiger partial charge in [0.1, 0.15) is 22.9 Å². The number of carbonyl (C=O) groups is 6. The molecular weight excluding hydrogens is 726 g/mol. The van der Waals surface area contributed by atoms with Crippen LogP contribution in [0.15, 0.2) is 38.6 Å². The van der Waals surface area contributed by atoms with E-state index >= 15 is 0 Å². The van der Waals surface area contributed by atoms with Crippen molar-refractivity contribution in [2.45, 2.75) is 25.5 Å². The number of likely N-dealkylation sites (tertiary alicyclic amines) is 1. The van der Waals surface area contributed by atoms with Crippen LogP contribution >= 0.6 is 11.3 Å². The van der Waals surface area contributed by atoms with E-state index < -0.39 is 105 Å². The molecule has 0 radical (unpaired) electrons. The van der Waals surface area contributed by atoms with Gasteiger partial charge in [-0.25, -0.2) is 33.4 Å². The minimum Gasteiger partial charge on any atom is -0.503 e. The number of carboxylic acids is 1. The first-order valence-electron chi connectivity index (χ1n) is 14.1. The minimum atomic E-state index is -4.97. The maximum Gasteiger partial charge on any atom is 0.353 e. The highest BCUT2D eigenvalue weighted by Crippen LogP contribution is 2.18. The van der Waals surface area contributed by atoms with Gasteiger partial charge in [-0.3, -0.25) is 38.7 Å². The molecule has 0 aromatic carbocycles. The first-order chi connectivity index (χ1) is 23.8. The first kappa shape index (κ1) is 35.7. The van der Waals surface area contributed by atoms with E-state index in [1.165, 1.54) is 5.38 Å². The van der Waals surface area contributed by atoms with Gasteiger partial charge in [-0.2, -0.15) is 8.42 Å². The van der Waals surface area contributed by atoms with Crippen molar-refractivity contribution in [3.63, 3.8) is 0 Å². The molecular formula is C25H25N11O13S2. The number of carboxylic acid groups (broad SMARTS) is 1. The molecule has 1 unspecified atom stereocenters. The van der Waals surface area contributed by atoms with Crippen molar-refractivity contribution in [3.05, 3.63) is 55.7 Å². The summed E-state index contributed by atoms with van der Waals surface area (Å²) >= 11 is 0.919. The summed E-state index contributed by atoms with van der Waals surface area (Å²) in [5.74, 6) is -5.51. The van der Waals surface area contributed by atoms with Crippen molar-refractivity contribution < 1.29 is 52.2 Å². The van der Waals surface area contributed by atoms with Crippen LogP contribution in [0.25, 0.3) is 5.65 Å². The number of urea groups is 2. The average molecular weight is 752 g/mol. The molecule has 0 saturated carbocycles. The minimum absolute atomic E-state index is 0.0237. The molecule has 5 heterocycles. The fourth-order valence-corrected chi connectivity index (χ4v) is 5.91. The van der Waals surface area contributed by atoms with Crippen molar-refractivity contribution in [2.24, 2.45) is 5.16 Å². The van der Waals surface area contributed by atoms with Crippen LogP contribution in [-0.2, 0) is 29.4 Å². The van der Waals surface area contributed by atoms with E-state index in [-0.39, 0.29) is 20.8 Å². The third-order valence-corrected chi connectivity index (χ3v) is 9.17. The second kappa shape index (κ2) is 13.0. The normalized spacial score (nSPS) is 16.5. The number of hydrogen-bond donors (Lipinski definition) is 7. The number of aromatic hydroxyl groups is 1. The summed E-state index contributed by atoms with van der Waals surface area (Å²) in [7, 11) is -4.97. The van der Waals surface area contributed by atoms with Crippen LogP contribution in [0.5, 0.6) is 5.75 Å². The molecule has 5 rings (SSSR count). The maximum absolute atomic E-state index is 13.0. The number of hydrogen-bond acceptors (Lipinski definition) is 16. The number of hydrazine groups is 1. The lowest BCUT2D eigenvalue weighted by Crippen LogP contribution is -2.68. The standard InChI is InChI=1S/C25H25N11O13S2/c1-25(2,21(43)44)49-31-16(12-9-50-22(26)29-12)18(40)28-11-7-34(20(11)42)23(45)32-51(47,48)36-4-3-35(24(36)46)30-17(39)10-6-27-15-5-13(37)14(38)8-33(15)19(10)41/h5-6,8-9,11,27,38H,3-4,7H2,1-2H3,(H2,26,29)(H,28,40)(H,30,39)(H,32,45)(H,43,44)/b31-16+. The number of aliphatic carboxylic acids is 1. The molecule has 3 aromatic rings. The van der Waals surface area contributed by atoms with Gasteiger partial charge in [0.05, 0.1) is 25.8 Å². The number of fused-ring (bicyclic) bond motifs is 1. The second-order valence-corrected chi connectivity index (χ2v) is 13.5. The Hall–Kier alpha value is -6.57. The molecule has 51 heavy (non-hydrogen) atoms. The number of rotatable bonds is 10.